The van der Waals surface area contributed by atoms with Crippen molar-refractivity contribution in [2.45, 2.75) is 25.6 Å². The predicted octanol–water partition coefficient (Wildman–Crippen LogP) is 2.61. The Balaban J connectivity index is 1.48. The fourth-order valence-electron chi connectivity index (χ4n) is 3.44. The number of amides is 1. The van der Waals surface area contributed by atoms with Gasteiger partial charge in [-0.1, -0.05) is 18.2 Å². The first-order valence-corrected chi connectivity index (χ1v) is 8.67. The summed E-state index contributed by atoms with van der Waals surface area (Å²) < 4.78 is 14.8. The lowest BCUT2D eigenvalue weighted by Crippen LogP contribution is -2.52. The van der Waals surface area contributed by atoms with E-state index in [9.17, 15) is 9.18 Å². The zero-order valence-electron chi connectivity index (χ0n) is 14.4. The first kappa shape index (κ1) is 16.5. The van der Waals surface area contributed by atoms with Crippen molar-refractivity contribution in [3.05, 3.63) is 54.0 Å². The molecule has 1 amide bonds. The second kappa shape index (κ2) is 6.74. The van der Waals surface area contributed by atoms with Gasteiger partial charge >= 0.3 is 0 Å². The van der Waals surface area contributed by atoms with Gasteiger partial charge in [0.15, 0.2) is 0 Å². The van der Waals surface area contributed by atoms with Crippen LogP contribution in [0.4, 0.5) is 10.2 Å². The van der Waals surface area contributed by atoms with Crippen molar-refractivity contribution in [2.24, 2.45) is 0 Å². The quantitative estimate of drug-likeness (QED) is 0.759. The van der Waals surface area contributed by atoms with Crippen molar-refractivity contribution in [2.75, 3.05) is 18.0 Å². The Hall–Kier alpha value is -2.96. The molecule has 0 spiro atoms. The van der Waals surface area contributed by atoms with E-state index in [1.807, 2.05) is 24.1 Å². The maximum atomic E-state index is 14.8. The number of aryl methyl sites for hydroxylation is 1. The number of anilines is 1. The summed E-state index contributed by atoms with van der Waals surface area (Å²) in [6, 6.07) is 8.39. The maximum Gasteiger partial charge on any atom is 0.251 e. The molecule has 2 atom stereocenters. The van der Waals surface area contributed by atoms with Gasteiger partial charge in [-0.3, -0.25) is 4.79 Å². The number of hydrogen-bond donors (Lipinski definition) is 2. The second-order valence-electron chi connectivity index (χ2n) is 6.59. The molecule has 1 aromatic carbocycles. The summed E-state index contributed by atoms with van der Waals surface area (Å²) in [6.07, 6.45) is 2.72. The van der Waals surface area contributed by atoms with E-state index in [4.69, 9.17) is 0 Å². The van der Waals surface area contributed by atoms with E-state index in [1.165, 1.54) is 6.33 Å². The number of carbonyl (C=O) groups is 1. The van der Waals surface area contributed by atoms with Gasteiger partial charge < -0.3 is 15.2 Å². The molecule has 0 bridgehead atoms. The number of benzene rings is 1. The lowest BCUT2D eigenvalue weighted by atomic mass is 10.0. The monoisotopic (exact) mass is 353 g/mol. The van der Waals surface area contributed by atoms with Gasteiger partial charge in [0.2, 0.25) is 0 Å². The molecule has 1 fully saturated rings. The SMILES string of the molecule is Cc1c[nH]c2ncnc(N3CCC(NC(=O)c4ccccc4)C(F)C3)c12. The molecule has 3 heterocycles. The van der Waals surface area contributed by atoms with Gasteiger partial charge in [0.1, 0.15) is 24.0 Å². The molecule has 0 radical (unpaired) electrons. The number of carbonyl (C=O) groups excluding carboxylic acids is 1. The lowest BCUT2D eigenvalue weighted by molar-refractivity contribution is 0.0898. The Labute approximate surface area is 150 Å². The van der Waals surface area contributed by atoms with Crippen molar-refractivity contribution in [1.82, 2.24) is 20.3 Å². The van der Waals surface area contributed by atoms with Gasteiger partial charge in [0.05, 0.1) is 18.0 Å². The van der Waals surface area contributed by atoms with Crippen molar-refractivity contribution < 1.29 is 9.18 Å². The van der Waals surface area contributed by atoms with E-state index in [0.717, 1.165) is 22.4 Å². The third kappa shape index (κ3) is 3.00. The molecule has 1 aliphatic heterocycles. The van der Waals surface area contributed by atoms with Gasteiger partial charge in [-0.05, 0) is 31.0 Å². The van der Waals surface area contributed by atoms with Crippen LogP contribution in [-0.2, 0) is 0 Å². The molecule has 1 aliphatic rings. The molecule has 2 unspecified atom stereocenters. The molecule has 6 nitrogen and oxygen atoms in total. The molecule has 1 saturated heterocycles. The van der Waals surface area contributed by atoms with Crippen LogP contribution in [-0.4, -0.2) is 46.2 Å². The highest BCUT2D eigenvalue weighted by Crippen LogP contribution is 2.28. The van der Waals surface area contributed by atoms with Crippen LogP contribution in [0.3, 0.4) is 0 Å². The van der Waals surface area contributed by atoms with E-state index >= 15 is 0 Å². The number of piperidine rings is 1. The summed E-state index contributed by atoms with van der Waals surface area (Å²) in [5, 5.41) is 3.74. The first-order chi connectivity index (χ1) is 12.6. The normalized spacial score (nSPS) is 20.3. The second-order valence-corrected chi connectivity index (χ2v) is 6.59. The number of rotatable bonds is 3. The predicted molar refractivity (Wildman–Crippen MR) is 98.0 cm³/mol. The molecule has 26 heavy (non-hydrogen) atoms. The highest BCUT2D eigenvalue weighted by atomic mass is 19.1. The third-order valence-corrected chi connectivity index (χ3v) is 4.84. The minimum Gasteiger partial charge on any atom is -0.353 e. The number of H-pyrrole nitrogens is 1. The molecule has 0 aliphatic carbocycles. The highest BCUT2D eigenvalue weighted by Gasteiger charge is 2.32. The van der Waals surface area contributed by atoms with Crippen LogP contribution < -0.4 is 10.2 Å². The Morgan fingerprint density at radius 3 is 2.88 bits per heavy atom. The molecule has 7 heteroatoms. The fourth-order valence-corrected chi connectivity index (χ4v) is 3.44. The van der Waals surface area contributed by atoms with Crippen LogP contribution in [0.15, 0.2) is 42.9 Å². The Bertz CT molecular complexity index is 926. The number of nitrogens with one attached hydrogen (secondary N) is 2. The van der Waals surface area contributed by atoms with E-state index in [1.54, 1.807) is 24.3 Å². The number of alkyl halides is 1. The van der Waals surface area contributed by atoms with Crippen LogP contribution in [0.2, 0.25) is 0 Å². The zero-order valence-corrected chi connectivity index (χ0v) is 14.4. The topological polar surface area (TPSA) is 73.9 Å². The van der Waals surface area contributed by atoms with Gasteiger partial charge in [-0.25, -0.2) is 14.4 Å². The first-order valence-electron chi connectivity index (χ1n) is 8.67. The number of aromatic nitrogens is 3. The smallest absolute Gasteiger partial charge is 0.251 e. The zero-order chi connectivity index (χ0) is 18.1. The van der Waals surface area contributed by atoms with Crippen LogP contribution in [0.25, 0.3) is 11.0 Å². The van der Waals surface area contributed by atoms with E-state index in [-0.39, 0.29) is 12.5 Å². The Morgan fingerprint density at radius 2 is 2.12 bits per heavy atom. The van der Waals surface area contributed by atoms with Crippen LogP contribution in [0.5, 0.6) is 0 Å². The van der Waals surface area contributed by atoms with Gasteiger partial charge in [-0.2, -0.15) is 0 Å². The van der Waals surface area contributed by atoms with Crippen molar-refractivity contribution >= 4 is 22.8 Å². The summed E-state index contributed by atoms with van der Waals surface area (Å²) in [7, 11) is 0. The van der Waals surface area contributed by atoms with E-state index in [2.05, 4.69) is 20.3 Å². The standard InChI is InChI=1S/C19H20FN5O/c1-12-9-21-17-16(12)18(23-11-22-17)25-8-7-15(14(20)10-25)24-19(26)13-5-3-2-4-6-13/h2-6,9,11,14-15H,7-8,10H2,1H3,(H,24,26)(H,21,22,23). The van der Waals surface area contributed by atoms with Gasteiger partial charge in [0.25, 0.3) is 5.91 Å². The fraction of sp³-hybridized carbons (Fsp3) is 0.316. The van der Waals surface area contributed by atoms with E-state index < -0.39 is 12.2 Å². The third-order valence-electron chi connectivity index (χ3n) is 4.84. The van der Waals surface area contributed by atoms with Gasteiger partial charge in [-0.15, -0.1) is 0 Å². The summed E-state index contributed by atoms with van der Waals surface area (Å²) in [4.78, 5) is 25.9. The number of halogens is 1. The Morgan fingerprint density at radius 1 is 1.31 bits per heavy atom. The minimum atomic E-state index is -1.17. The summed E-state index contributed by atoms with van der Waals surface area (Å²) in [6.45, 7) is 2.79. The van der Waals surface area contributed by atoms with Crippen LogP contribution in [0.1, 0.15) is 22.3 Å². The summed E-state index contributed by atoms with van der Waals surface area (Å²) in [5.74, 6) is 0.502. The number of hydrogen-bond acceptors (Lipinski definition) is 4. The molecule has 2 aromatic heterocycles. The van der Waals surface area contributed by atoms with Crippen molar-refractivity contribution in [1.29, 1.82) is 0 Å². The lowest BCUT2D eigenvalue weighted by Gasteiger charge is -2.36. The molecular weight excluding hydrogens is 333 g/mol. The molecule has 4 rings (SSSR count). The van der Waals surface area contributed by atoms with E-state index in [0.29, 0.717) is 18.5 Å². The average molecular weight is 353 g/mol. The van der Waals surface area contributed by atoms with Crippen molar-refractivity contribution in [3.63, 3.8) is 0 Å². The Kier molecular flexibility index (Phi) is 4.28. The molecule has 0 saturated carbocycles. The number of aromatic amines is 1. The van der Waals surface area contributed by atoms with Crippen LogP contribution in [0, 0.1) is 6.92 Å². The van der Waals surface area contributed by atoms with Gasteiger partial charge in [0, 0.05) is 18.3 Å². The molecular formula is C19H20FN5O. The molecule has 2 N–H and O–H groups in total. The highest BCUT2D eigenvalue weighted by molar-refractivity contribution is 5.94. The number of fused-ring (bicyclic) bond motifs is 1. The van der Waals surface area contributed by atoms with Crippen LogP contribution >= 0.6 is 0 Å². The average Bonchev–Trinajstić information content (AvgIpc) is 3.05. The number of nitrogens with zero attached hydrogens (tertiary/aromatic N) is 3. The maximum absolute atomic E-state index is 14.8. The minimum absolute atomic E-state index is 0.191. The summed E-state index contributed by atoms with van der Waals surface area (Å²) in [5.41, 5.74) is 2.33. The van der Waals surface area contributed by atoms with Crippen molar-refractivity contribution in [3.8, 4) is 0 Å². The largest absolute Gasteiger partial charge is 0.353 e. The molecule has 3 aromatic rings. The summed E-state index contributed by atoms with van der Waals surface area (Å²) >= 11 is 0. The molecule has 134 valence electrons.